The fraction of sp³-hybridized carbons (Fsp3) is 0.389. The second-order valence-electron chi connectivity index (χ2n) is 6.44. The van der Waals surface area contributed by atoms with E-state index in [9.17, 15) is 14.7 Å². The zero-order valence-electron chi connectivity index (χ0n) is 13.9. The van der Waals surface area contributed by atoms with E-state index >= 15 is 0 Å². The standard InChI is InChI=1S/C18H18Cl2N2O3S/c19-11-4-5-13(14(20)8-11)16-21-12(10-26-16)9-15(23)22-18(17(24)25)6-2-1-3-7-18/h4-5,8,10H,1-3,6-7,9H2,(H,22,23)(H,24,25). The molecule has 1 aliphatic carbocycles. The molecule has 0 bridgehead atoms. The first-order valence-corrected chi connectivity index (χ1v) is 9.97. The van der Waals surface area contributed by atoms with E-state index in [0.29, 0.717) is 33.6 Å². The van der Waals surface area contributed by atoms with Crippen LogP contribution in [0.4, 0.5) is 0 Å². The number of carboxylic acids is 1. The number of benzene rings is 1. The number of rotatable bonds is 5. The summed E-state index contributed by atoms with van der Waals surface area (Å²) < 4.78 is 0. The van der Waals surface area contributed by atoms with E-state index in [4.69, 9.17) is 23.2 Å². The first-order valence-electron chi connectivity index (χ1n) is 8.34. The van der Waals surface area contributed by atoms with Gasteiger partial charge in [-0.05, 0) is 31.0 Å². The summed E-state index contributed by atoms with van der Waals surface area (Å²) in [4.78, 5) is 28.5. The summed E-state index contributed by atoms with van der Waals surface area (Å²) in [5.74, 6) is -1.29. The number of carbonyl (C=O) groups is 2. The van der Waals surface area contributed by atoms with Crippen LogP contribution >= 0.6 is 34.5 Å². The molecule has 1 aromatic carbocycles. The Kier molecular flexibility index (Phi) is 5.85. The lowest BCUT2D eigenvalue weighted by Crippen LogP contribution is -2.56. The number of carboxylic acid groups (broad SMARTS) is 1. The average molecular weight is 413 g/mol. The highest BCUT2D eigenvalue weighted by Gasteiger charge is 2.40. The fourth-order valence-electron chi connectivity index (χ4n) is 3.20. The molecular formula is C18H18Cl2N2O3S. The van der Waals surface area contributed by atoms with Gasteiger partial charge in [-0.2, -0.15) is 0 Å². The van der Waals surface area contributed by atoms with E-state index in [1.54, 1.807) is 23.6 Å². The summed E-state index contributed by atoms with van der Waals surface area (Å²) in [6, 6.07) is 5.16. The highest BCUT2D eigenvalue weighted by molar-refractivity contribution is 7.13. The highest BCUT2D eigenvalue weighted by atomic mass is 35.5. The molecule has 0 spiro atoms. The molecule has 1 aliphatic rings. The maximum atomic E-state index is 12.4. The highest BCUT2D eigenvalue weighted by Crippen LogP contribution is 2.33. The van der Waals surface area contributed by atoms with E-state index < -0.39 is 11.5 Å². The normalized spacial score (nSPS) is 16.2. The topological polar surface area (TPSA) is 79.3 Å². The van der Waals surface area contributed by atoms with Gasteiger partial charge in [0.2, 0.25) is 5.91 Å². The lowest BCUT2D eigenvalue weighted by molar-refractivity contribution is -0.149. The van der Waals surface area contributed by atoms with Gasteiger partial charge in [-0.3, -0.25) is 4.79 Å². The predicted molar refractivity (Wildman–Crippen MR) is 103 cm³/mol. The van der Waals surface area contributed by atoms with Crippen molar-refractivity contribution in [2.75, 3.05) is 0 Å². The monoisotopic (exact) mass is 412 g/mol. The molecule has 0 atom stereocenters. The second kappa shape index (κ2) is 7.94. The second-order valence-corrected chi connectivity index (χ2v) is 8.14. The molecule has 5 nitrogen and oxygen atoms in total. The minimum Gasteiger partial charge on any atom is -0.480 e. The summed E-state index contributed by atoms with van der Waals surface area (Å²) in [7, 11) is 0. The van der Waals surface area contributed by atoms with Gasteiger partial charge >= 0.3 is 5.97 Å². The molecular weight excluding hydrogens is 395 g/mol. The Morgan fingerprint density at radius 1 is 1.23 bits per heavy atom. The summed E-state index contributed by atoms with van der Waals surface area (Å²) in [6.07, 6.45) is 3.59. The number of hydrogen-bond donors (Lipinski definition) is 2. The largest absolute Gasteiger partial charge is 0.480 e. The average Bonchev–Trinajstić information content (AvgIpc) is 3.03. The van der Waals surface area contributed by atoms with Crippen LogP contribution in [0, 0.1) is 0 Å². The molecule has 138 valence electrons. The molecule has 2 aromatic rings. The Bertz CT molecular complexity index is 832. The quantitative estimate of drug-likeness (QED) is 0.753. The molecule has 26 heavy (non-hydrogen) atoms. The van der Waals surface area contributed by atoms with Crippen molar-refractivity contribution >= 4 is 46.4 Å². The van der Waals surface area contributed by atoms with Crippen molar-refractivity contribution in [2.45, 2.75) is 44.1 Å². The molecule has 0 unspecified atom stereocenters. The van der Waals surface area contributed by atoms with Gasteiger partial charge in [-0.25, -0.2) is 9.78 Å². The number of halogens is 2. The van der Waals surface area contributed by atoms with Gasteiger partial charge in [0.1, 0.15) is 10.5 Å². The van der Waals surface area contributed by atoms with Crippen LogP contribution in [0.3, 0.4) is 0 Å². The Morgan fingerprint density at radius 2 is 1.96 bits per heavy atom. The maximum Gasteiger partial charge on any atom is 0.329 e. The van der Waals surface area contributed by atoms with Crippen LogP contribution in [0.5, 0.6) is 0 Å². The molecule has 1 amide bonds. The zero-order valence-corrected chi connectivity index (χ0v) is 16.3. The molecule has 1 heterocycles. The molecule has 3 rings (SSSR count). The number of thiazole rings is 1. The van der Waals surface area contributed by atoms with Gasteiger partial charge in [0.05, 0.1) is 17.1 Å². The van der Waals surface area contributed by atoms with Gasteiger partial charge in [0.15, 0.2) is 0 Å². The summed E-state index contributed by atoms with van der Waals surface area (Å²) >= 11 is 13.5. The van der Waals surface area contributed by atoms with Crippen LogP contribution in [0.1, 0.15) is 37.8 Å². The van der Waals surface area contributed by atoms with Crippen molar-refractivity contribution in [3.8, 4) is 10.6 Å². The third kappa shape index (κ3) is 4.19. The lowest BCUT2D eigenvalue weighted by Gasteiger charge is -2.33. The van der Waals surface area contributed by atoms with Crippen molar-refractivity contribution in [3.63, 3.8) is 0 Å². The van der Waals surface area contributed by atoms with E-state index in [1.807, 2.05) is 0 Å². The van der Waals surface area contributed by atoms with Gasteiger partial charge in [0, 0.05) is 16.0 Å². The van der Waals surface area contributed by atoms with Crippen molar-refractivity contribution in [3.05, 3.63) is 39.3 Å². The van der Waals surface area contributed by atoms with Gasteiger partial charge in [0.25, 0.3) is 0 Å². The summed E-state index contributed by atoms with van der Waals surface area (Å²) in [5, 5.41) is 15.8. The smallest absolute Gasteiger partial charge is 0.329 e. The first-order chi connectivity index (χ1) is 12.4. The van der Waals surface area contributed by atoms with Crippen molar-refractivity contribution < 1.29 is 14.7 Å². The third-order valence-electron chi connectivity index (χ3n) is 4.55. The minimum atomic E-state index is -1.15. The molecule has 0 aliphatic heterocycles. The van der Waals surface area contributed by atoms with Gasteiger partial charge in [-0.1, -0.05) is 42.5 Å². The minimum absolute atomic E-state index is 0.0384. The van der Waals surface area contributed by atoms with Crippen molar-refractivity contribution in [2.24, 2.45) is 0 Å². The number of hydrogen-bond acceptors (Lipinski definition) is 4. The van der Waals surface area contributed by atoms with E-state index in [0.717, 1.165) is 24.8 Å². The third-order valence-corrected chi connectivity index (χ3v) is 6.02. The van der Waals surface area contributed by atoms with Crippen LogP contribution in [0.2, 0.25) is 10.0 Å². The molecule has 1 aromatic heterocycles. The zero-order chi connectivity index (χ0) is 18.7. The molecule has 2 N–H and O–H groups in total. The number of carbonyl (C=O) groups excluding carboxylic acids is 1. The number of aromatic nitrogens is 1. The molecule has 0 radical (unpaired) electrons. The Balaban J connectivity index is 1.70. The van der Waals surface area contributed by atoms with Crippen molar-refractivity contribution in [1.29, 1.82) is 0 Å². The SMILES string of the molecule is O=C(Cc1csc(-c2ccc(Cl)cc2Cl)n1)NC1(C(=O)O)CCCCC1. The van der Waals surface area contributed by atoms with E-state index in [2.05, 4.69) is 10.3 Å². The molecule has 8 heteroatoms. The molecule has 0 saturated heterocycles. The first kappa shape index (κ1) is 19.1. The van der Waals surface area contributed by atoms with Crippen LogP contribution < -0.4 is 5.32 Å². The number of nitrogens with zero attached hydrogens (tertiary/aromatic N) is 1. The number of amides is 1. The maximum absolute atomic E-state index is 12.4. The van der Waals surface area contributed by atoms with Gasteiger partial charge in [-0.15, -0.1) is 11.3 Å². The van der Waals surface area contributed by atoms with Crippen LogP contribution in [0.15, 0.2) is 23.6 Å². The van der Waals surface area contributed by atoms with Crippen LogP contribution in [-0.4, -0.2) is 27.5 Å². The number of aliphatic carboxylic acids is 1. The Morgan fingerprint density at radius 3 is 2.62 bits per heavy atom. The summed E-state index contributed by atoms with van der Waals surface area (Å²) in [5.41, 5.74) is 0.195. The van der Waals surface area contributed by atoms with Gasteiger partial charge < -0.3 is 10.4 Å². The predicted octanol–water partition coefficient (Wildman–Crippen LogP) is 4.56. The van der Waals surface area contributed by atoms with Crippen LogP contribution in [-0.2, 0) is 16.0 Å². The lowest BCUT2D eigenvalue weighted by atomic mass is 9.81. The molecule has 1 fully saturated rings. The number of nitrogens with one attached hydrogen (secondary N) is 1. The van der Waals surface area contributed by atoms with Crippen LogP contribution in [0.25, 0.3) is 10.6 Å². The summed E-state index contributed by atoms with van der Waals surface area (Å²) in [6.45, 7) is 0. The Hall–Kier alpha value is -1.63. The molecule has 1 saturated carbocycles. The fourth-order valence-corrected chi connectivity index (χ4v) is 4.61. The van der Waals surface area contributed by atoms with Crippen molar-refractivity contribution in [1.82, 2.24) is 10.3 Å². The van der Waals surface area contributed by atoms with E-state index in [1.165, 1.54) is 11.3 Å². The van der Waals surface area contributed by atoms with E-state index in [-0.39, 0.29) is 12.3 Å². The Labute approximate surface area is 165 Å².